The van der Waals surface area contributed by atoms with Gasteiger partial charge in [0.05, 0.1) is 33.5 Å². The molecular formula is C22H26BrN3O6S. The second kappa shape index (κ2) is 12.9. The van der Waals surface area contributed by atoms with E-state index >= 15 is 0 Å². The van der Waals surface area contributed by atoms with E-state index in [2.05, 4.69) is 39.0 Å². The highest BCUT2D eigenvalue weighted by molar-refractivity contribution is 9.10. The lowest BCUT2D eigenvalue weighted by atomic mass is 10.1. The lowest BCUT2D eigenvalue weighted by molar-refractivity contribution is 0.0933. The van der Waals surface area contributed by atoms with Gasteiger partial charge in [0.25, 0.3) is 11.8 Å². The molecule has 0 fully saturated rings. The van der Waals surface area contributed by atoms with Gasteiger partial charge in [0.15, 0.2) is 16.6 Å². The van der Waals surface area contributed by atoms with Crippen LogP contribution in [0, 0.1) is 0 Å². The fourth-order valence-corrected chi connectivity index (χ4v) is 3.24. The standard InChI is InChI=1S/C22H26BrN3O6S/c1-5-6-9-32-16-8-7-14(23)12-15(16)21(28)24-22(33)26-25-20(27)13-10-17(29-2)19(31-4)18(11-13)30-3/h7-8,10-12H,5-6,9H2,1-4H3,(H,25,27)(H2,24,26,28,33). The molecule has 0 bridgehead atoms. The van der Waals surface area contributed by atoms with Crippen LogP contribution >= 0.6 is 28.1 Å². The van der Waals surface area contributed by atoms with E-state index in [-0.39, 0.29) is 10.7 Å². The Hall–Kier alpha value is -3.05. The van der Waals surface area contributed by atoms with Crippen LogP contribution in [0.2, 0.25) is 0 Å². The third-order valence-corrected chi connectivity index (χ3v) is 5.08. The van der Waals surface area contributed by atoms with E-state index < -0.39 is 11.8 Å². The lowest BCUT2D eigenvalue weighted by Gasteiger charge is -2.15. The zero-order chi connectivity index (χ0) is 24.4. The fraction of sp³-hybridized carbons (Fsp3) is 0.318. The third-order valence-electron chi connectivity index (χ3n) is 4.39. The zero-order valence-electron chi connectivity index (χ0n) is 18.7. The molecular weight excluding hydrogens is 514 g/mol. The number of halogens is 1. The van der Waals surface area contributed by atoms with Crippen molar-refractivity contribution in [3.63, 3.8) is 0 Å². The Bertz CT molecular complexity index is 993. The highest BCUT2D eigenvalue weighted by Crippen LogP contribution is 2.38. The molecule has 0 aliphatic heterocycles. The Morgan fingerprint density at radius 3 is 2.18 bits per heavy atom. The summed E-state index contributed by atoms with van der Waals surface area (Å²) in [6.45, 7) is 2.54. The van der Waals surface area contributed by atoms with Crippen LogP contribution in [0.5, 0.6) is 23.0 Å². The molecule has 3 N–H and O–H groups in total. The molecule has 0 saturated carbocycles. The smallest absolute Gasteiger partial charge is 0.269 e. The number of amides is 2. The fourth-order valence-electron chi connectivity index (χ4n) is 2.73. The van der Waals surface area contributed by atoms with Crippen LogP contribution in [-0.2, 0) is 0 Å². The molecule has 0 aliphatic carbocycles. The summed E-state index contributed by atoms with van der Waals surface area (Å²) >= 11 is 8.49. The maximum atomic E-state index is 12.7. The highest BCUT2D eigenvalue weighted by Gasteiger charge is 2.18. The van der Waals surface area contributed by atoms with Crippen molar-refractivity contribution in [1.82, 2.24) is 16.2 Å². The summed E-state index contributed by atoms with van der Waals surface area (Å²) in [6.07, 6.45) is 1.84. The van der Waals surface area contributed by atoms with Crippen molar-refractivity contribution in [1.29, 1.82) is 0 Å². The Balaban J connectivity index is 2.04. The van der Waals surface area contributed by atoms with Crippen LogP contribution in [0.1, 0.15) is 40.5 Å². The van der Waals surface area contributed by atoms with E-state index in [4.69, 9.17) is 31.2 Å². The van der Waals surface area contributed by atoms with Gasteiger partial charge in [-0.1, -0.05) is 29.3 Å². The number of unbranched alkanes of at least 4 members (excludes halogenated alkanes) is 1. The van der Waals surface area contributed by atoms with Crippen molar-refractivity contribution in [2.45, 2.75) is 19.8 Å². The highest BCUT2D eigenvalue weighted by atomic mass is 79.9. The van der Waals surface area contributed by atoms with E-state index in [1.54, 1.807) is 18.2 Å². The molecule has 9 nitrogen and oxygen atoms in total. The molecule has 0 spiro atoms. The molecule has 33 heavy (non-hydrogen) atoms. The lowest BCUT2D eigenvalue weighted by Crippen LogP contribution is -2.48. The van der Waals surface area contributed by atoms with Gasteiger partial charge < -0.3 is 18.9 Å². The van der Waals surface area contributed by atoms with Crippen LogP contribution in [0.15, 0.2) is 34.8 Å². The summed E-state index contributed by atoms with van der Waals surface area (Å²) in [4.78, 5) is 25.3. The number of ether oxygens (including phenoxy) is 4. The number of nitrogens with one attached hydrogen (secondary N) is 3. The number of hydrogen-bond donors (Lipinski definition) is 3. The van der Waals surface area contributed by atoms with Crippen molar-refractivity contribution < 1.29 is 28.5 Å². The van der Waals surface area contributed by atoms with Crippen molar-refractivity contribution in [2.24, 2.45) is 0 Å². The maximum absolute atomic E-state index is 12.7. The van der Waals surface area contributed by atoms with E-state index in [1.807, 2.05) is 0 Å². The molecule has 2 aromatic rings. The van der Waals surface area contributed by atoms with Gasteiger partial charge in [0.1, 0.15) is 5.75 Å². The van der Waals surface area contributed by atoms with Crippen LogP contribution in [0.3, 0.4) is 0 Å². The minimum absolute atomic E-state index is 0.0970. The van der Waals surface area contributed by atoms with Crippen LogP contribution in [0.25, 0.3) is 0 Å². The Morgan fingerprint density at radius 1 is 0.939 bits per heavy atom. The molecule has 0 heterocycles. The number of hydrazine groups is 1. The second-order valence-corrected chi connectivity index (χ2v) is 7.94. The predicted octanol–water partition coefficient (Wildman–Crippen LogP) is 3.60. The van der Waals surface area contributed by atoms with Crippen LogP contribution < -0.4 is 35.1 Å². The average molecular weight is 540 g/mol. The van der Waals surface area contributed by atoms with Gasteiger partial charge in [-0.2, -0.15) is 0 Å². The molecule has 0 radical (unpaired) electrons. The number of carbonyl (C=O) groups excluding carboxylic acids is 2. The van der Waals surface area contributed by atoms with Crippen LogP contribution in [0.4, 0.5) is 0 Å². The molecule has 0 atom stereocenters. The number of methoxy groups -OCH3 is 3. The van der Waals surface area contributed by atoms with E-state index in [0.717, 1.165) is 12.8 Å². The van der Waals surface area contributed by atoms with Crippen molar-refractivity contribution >= 4 is 45.1 Å². The van der Waals surface area contributed by atoms with Crippen LogP contribution in [-0.4, -0.2) is 44.9 Å². The zero-order valence-corrected chi connectivity index (χ0v) is 21.1. The monoisotopic (exact) mass is 539 g/mol. The summed E-state index contributed by atoms with van der Waals surface area (Å²) in [6, 6.07) is 8.10. The van der Waals surface area contributed by atoms with Gasteiger partial charge in [-0.3, -0.25) is 25.8 Å². The molecule has 2 aromatic carbocycles. The Morgan fingerprint density at radius 2 is 1.61 bits per heavy atom. The van der Waals surface area contributed by atoms with Crippen molar-refractivity contribution in [3.05, 3.63) is 45.9 Å². The molecule has 11 heteroatoms. The average Bonchev–Trinajstić information content (AvgIpc) is 2.82. The molecule has 0 aliphatic rings. The minimum atomic E-state index is -0.531. The number of benzene rings is 2. The molecule has 178 valence electrons. The summed E-state index contributed by atoms with van der Waals surface area (Å²) in [5, 5.41) is 2.42. The molecule has 0 saturated heterocycles. The maximum Gasteiger partial charge on any atom is 0.269 e. The molecule has 0 aromatic heterocycles. The first-order valence-electron chi connectivity index (χ1n) is 9.98. The summed E-state index contributed by atoms with van der Waals surface area (Å²) in [7, 11) is 4.36. The number of rotatable bonds is 9. The third kappa shape index (κ3) is 7.22. The Kier molecular flexibility index (Phi) is 10.2. The molecule has 2 rings (SSSR count). The van der Waals surface area contributed by atoms with Gasteiger partial charge in [0, 0.05) is 10.0 Å². The first kappa shape index (κ1) is 26.2. The van der Waals surface area contributed by atoms with Crippen molar-refractivity contribution in [3.8, 4) is 23.0 Å². The van der Waals surface area contributed by atoms with Gasteiger partial charge in [0.2, 0.25) is 5.75 Å². The number of thiocarbonyl (C=S) groups is 1. The summed E-state index contributed by atoms with van der Waals surface area (Å²) in [5.74, 6) is 0.428. The molecule has 2 amide bonds. The predicted molar refractivity (Wildman–Crippen MR) is 131 cm³/mol. The van der Waals surface area contributed by atoms with E-state index in [1.165, 1.54) is 33.5 Å². The quantitative estimate of drug-likeness (QED) is 0.252. The van der Waals surface area contributed by atoms with Gasteiger partial charge in [-0.25, -0.2) is 0 Å². The normalized spacial score (nSPS) is 10.1. The topological polar surface area (TPSA) is 107 Å². The van der Waals surface area contributed by atoms with Crippen molar-refractivity contribution in [2.75, 3.05) is 27.9 Å². The Labute approximate surface area is 206 Å². The van der Waals surface area contributed by atoms with E-state index in [0.29, 0.717) is 39.6 Å². The number of hydrogen-bond acceptors (Lipinski definition) is 7. The largest absolute Gasteiger partial charge is 0.493 e. The van der Waals surface area contributed by atoms with Gasteiger partial charge in [-0.05, 0) is 49.0 Å². The van der Waals surface area contributed by atoms with Gasteiger partial charge in [-0.15, -0.1) is 0 Å². The first-order valence-corrected chi connectivity index (χ1v) is 11.2. The summed E-state index contributed by atoms with van der Waals surface area (Å²) in [5.41, 5.74) is 5.46. The number of carbonyl (C=O) groups is 2. The summed E-state index contributed by atoms with van der Waals surface area (Å²) < 4.78 is 22.2. The second-order valence-electron chi connectivity index (χ2n) is 6.62. The SMILES string of the molecule is CCCCOc1ccc(Br)cc1C(=O)NC(=S)NNC(=O)c1cc(OC)c(OC)c(OC)c1. The van der Waals surface area contributed by atoms with Gasteiger partial charge >= 0.3 is 0 Å². The van der Waals surface area contributed by atoms with E-state index in [9.17, 15) is 9.59 Å². The first-order chi connectivity index (χ1) is 15.8. The molecule has 0 unspecified atom stereocenters. The minimum Gasteiger partial charge on any atom is -0.493 e.